The standard InChI is InChI=1S/C23H21NO6S/c1-2-29-23(28)21-18(12-19(31-21)16-6-4-3-5-7-16)24-20(26)14-30-22(27)17-10-8-15(13-25)9-11-17/h3-12,25H,2,13-14H2,1H3,(H,24,26). The Kier molecular flexibility index (Phi) is 7.53. The molecule has 8 heteroatoms. The number of aliphatic hydroxyl groups excluding tert-OH is 1. The van der Waals surface area contributed by atoms with Gasteiger partial charge in [0.25, 0.3) is 5.91 Å². The van der Waals surface area contributed by atoms with Gasteiger partial charge in [0.1, 0.15) is 4.88 Å². The van der Waals surface area contributed by atoms with Crippen LogP contribution in [0.15, 0.2) is 60.7 Å². The average molecular weight is 439 g/mol. The minimum Gasteiger partial charge on any atom is -0.462 e. The van der Waals surface area contributed by atoms with Crippen LogP contribution in [0.4, 0.5) is 5.69 Å². The van der Waals surface area contributed by atoms with E-state index in [-0.39, 0.29) is 23.7 Å². The van der Waals surface area contributed by atoms with Gasteiger partial charge in [-0.15, -0.1) is 11.3 Å². The van der Waals surface area contributed by atoms with Crippen molar-refractivity contribution in [3.05, 3.63) is 76.7 Å². The second-order valence-corrected chi connectivity index (χ2v) is 7.47. The van der Waals surface area contributed by atoms with E-state index in [0.717, 1.165) is 10.4 Å². The highest BCUT2D eigenvalue weighted by Crippen LogP contribution is 2.35. The van der Waals surface area contributed by atoms with E-state index in [4.69, 9.17) is 14.6 Å². The zero-order valence-corrected chi connectivity index (χ0v) is 17.6. The number of hydrogen-bond donors (Lipinski definition) is 2. The maximum atomic E-state index is 12.4. The first-order valence-corrected chi connectivity index (χ1v) is 10.4. The molecule has 0 unspecified atom stereocenters. The summed E-state index contributed by atoms with van der Waals surface area (Å²) in [5.41, 5.74) is 2.12. The summed E-state index contributed by atoms with van der Waals surface area (Å²) in [6, 6.07) is 17.3. The van der Waals surface area contributed by atoms with Gasteiger partial charge in [-0.2, -0.15) is 0 Å². The lowest BCUT2D eigenvalue weighted by atomic mass is 10.1. The second kappa shape index (κ2) is 10.5. The minimum atomic E-state index is -0.666. The monoisotopic (exact) mass is 439 g/mol. The van der Waals surface area contributed by atoms with Crippen molar-refractivity contribution >= 4 is 34.9 Å². The van der Waals surface area contributed by atoms with Crippen LogP contribution >= 0.6 is 11.3 Å². The molecule has 0 aliphatic carbocycles. The fourth-order valence-corrected chi connectivity index (χ4v) is 3.74. The summed E-state index contributed by atoms with van der Waals surface area (Å²) in [5.74, 6) is -1.78. The Hall–Kier alpha value is -3.49. The van der Waals surface area contributed by atoms with Crippen molar-refractivity contribution in [1.29, 1.82) is 0 Å². The van der Waals surface area contributed by atoms with E-state index in [2.05, 4.69) is 5.32 Å². The van der Waals surface area contributed by atoms with E-state index in [9.17, 15) is 14.4 Å². The fourth-order valence-electron chi connectivity index (χ4n) is 2.72. The number of thiophene rings is 1. The number of aliphatic hydroxyl groups is 1. The van der Waals surface area contributed by atoms with Crippen molar-refractivity contribution in [1.82, 2.24) is 0 Å². The van der Waals surface area contributed by atoms with Gasteiger partial charge in [0.2, 0.25) is 0 Å². The van der Waals surface area contributed by atoms with Gasteiger partial charge in [-0.05, 0) is 36.2 Å². The van der Waals surface area contributed by atoms with Gasteiger partial charge in [0.05, 0.1) is 24.5 Å². The van der Waals surface area contributed by atoms with E-state index in [1.807, 2.05) is 30.3 Å². The largest absolute Gasteiger partial charge is 0.462 e. The Morgan fingerprint density at radius 3 is 2.32 bits per heavy atom. The Balaban J connectivity index is 1.69. The average Bonchev–Trinajstić information content (AvgIpc) is 3.22. The Labute approximate surface area is 183 Å². The summed E-state index contributed by atoms with van der Waals surface area (Å²) in [5, 5.41) is 11.7. The quantitative estimate of drug-likeness (QED) is 0.517. The highest BCUT2D eigenvalue weighted by Gasteiger charge is 2.20. The number of nitrogens with one attached hydrogen (secondary N) is 1. The van der Waals surface area contributed by atoms with Crippen molar-refractivity contribution in [2.24, 2.45) is 0 Å². The van der Waals surface area contributed by atoms with Crippen molar-refractivity contribution in [2.75, 3.05) is 18.5 Å². The number of hydrogen-bond acceptors (Lipinski definition) is 7. The molecule has 1 heterocycles. The first-order chi connectivity index (χ1) is 15.0. The lowest BCUT2D eigenvalue weighted by Crippen LogP contribution is -2.21. The number of benzene rings is 2. The molecule has 0 saturated carbocycles. The van der Waals surface area contributed by atoms with Gasteiger partial charge in [0.15, 0.2) is 6.61 Å². The molecule has 0 spiro atoms. The molecular weight excluding hydrogens is 418 g/mol. The summed E-state index contributed by atoms with van der Waals surface area (Å²) in [7, 11) is 0. The second-order valence-electron chi connectivity index (χ2n) is 6.42. The third kappa shape index (κ3) is 5.78. The van der Waals surface area contributed by atoms with Crippen molar-refractivity contribution < 1.29 is 29.0 Å². The molecule has 31 heavy (non-hydrogen) atoms. The van der Waals surface area contributed by atoms with E-state index >= 15 is 0 Å². The molecule has 0 fully saturated rings. The van der Waals surface area contributed by atoms with Crippen LogP contribution in [0.1, 0.15) is 32.5 Å². The predicted molar refractivity (Wildman–Crippen MR) is 117 cm³/mol. The minimum absolute atomic E-state index is 0.133. The molecule has 2 N–H and O–H groups in total. The molecule has 0 aliphatic rings. The zero-order chi connectivity index (χ0) is 22.2. The van der Waals surface area contributed by atoms with Crippen LogP contribution in [0.25, 0.3) is 10.4 Å². The molecule has 1 amide bonds. The number of carbonyl (C=O) groups is 3. The molecule has 0 radical (unpaired) electrons. The molecule has 0 saturated heterocycles. The topological polar surface area (TPSA) is 102 Å². The molecule has 7 nitrogen and oxygen atoms in total. The summed E-state index contributed by atoms with van der Waals surface area (Å²) >= 11 is 1.21. The molecule has 0 aliphatic heterocycles. The first-order valence-electron chi connectivity index (χ1n) is 9.55. The summed E-state index contributed by atoms with van der Waals surface area (Å²) in [6.07, 6.45) is 0. The third-order valence-electron chi connectivity index (χ3n) is 4.23. The SMILES string of the molecule is CCOC(=O)c1sc(-c2ccccc2)cc1NC(=O)COC(=O)c1ccc(CO)cc1. The van der Waals surface area contributed by atoms with Crippen molar-refractivity contribution in [3.8, 4) is 10.4 Å². The predicted octanol–water partition coefficient (Wildman–Crippen LogP) is 3.88. The van der Waals surface area contributed by atoms with Gasteiger partial charge in [-0.1, -0.05) is 42.5 Å². The van der Waals surface area contributed by atoms with Gasteiger partial charge >= 0.3 is 11.9 Å². The van der Waals surface area contributed by atoms with E-state index < -0.39 is 24.5 Å². The number of esters is 2. The zero-order valence-electron chi connectivity index (χ0n) is 16.8. The fraction of sp³-hybridized carbons (Fsp3) is 0.174. The molecule has 2 aromatic carbocycles. The van der Waals surface area contributed by atoms with Crippen LogP contribution in [0, 0.1) is 0 Å². The van der Waals surface area contributed by atoms with Gasteiger partial charge in [0, 0.05) is 4.88 Å². The third-order valence-corrected chi connectivity index (χ3v) is 5.40. The van der Waals surface area contributed by atoms with Crippen LogP contribution in [0.3, 0.4) is 0 Å². The normalized spacial score (nSPS) is 10.4. The molecule has 0 bridgehead atoms. The summed E-state index contributed by atoms with van der Waals surface area (Å²) in [6.45, 7) is 1.26. The molecule has 160 valence electrons. The van der Waals surface area contributed by atoms with Gasteiger partial charge in [-0.3, -0.25) is 4.79 Å². The lowest BCUT2D eigenvalue weighted by molar-refractivity contribution is -0.119. The smallest absolute Gasteiger partial charge is 0.350 e. The number of amides is 1. The maximum Gasteiger partial charge on any atom is 0.350 e. The summed E-state index contributed by atoms with van der Waals surface area (Å²) < 4.78 is 10.1. The van der Waals surface area contributed by atoms with Crippen LogP contribution in [0.2, 0.25) is 0 Å². The molecule has 3 aromatic rings. The molecule has 0 atom stereocenters. The molecule has 1 aromatic heterocycles. The maximum absolute atomic E-state index is 12.4. The van der Waals surface area contributed by atoms with Crippen molar-refractivity contribution in [2.45, 2.75) is 13.5 Å². The van der Waals surface area contributed by atoms with Crippen LogP contribution in [-0.2, 0) is 20.9 Å². The Bertz CT molecular complexity index is 1060. The number of ether oxygens (including phenoxy) is 2. The number of rotatable bonds is 8. The van der Waals surface area contributed by atoms with Gasteiger partial charge in [-0.25, -0.2) is 9.59 Å². The Morgan fingerprint density at radius 1 is 0.968 bits per heavy atom. The summed E-state index contributed by atoms with van der Waals surface area (Å²) in [4.78, 5) is 37.9. The molecule has 3 rings (SSSR count). The van der Waals surface area contributed by atoms with E-state index in [1.165, 1.54) is 23.5 Å². The van der Waals surface area contributed by atoms with E-state index in [0.29, 0.717) is 11.3 Å². The first kappa shape index (κ1) is 22.2. The number of anilines is 1. The highest BCUT2D eigenvalue weighted by atomic mass is 32.1. The lowest BCUT2D eigenvalue weighted by Gasteiger charge is -2.07. The Morgan fingerprint density at radius 2 is 1.68 bits per heavy atom. The molecular formula is C23H21NO6S. The van der Waals surface area contributed by atoms with E-state index in [1.54, 1.807) is 25.1 Å². The van der Waals surface area contributed by atoms with Gasteiger partial charge < -0.3 is 19.9 Å². The van der Waals surface area contributed by atoms with Crippen LogP contribution in [-0.4, -0.2) is 36.2 Å². The highest BCUT2D eigenvalue weighted by molar-refractivity contribution is 7.18. The van der Waals surface area contributed by atoms with Crippen LogP contribution in [0.5, 0.6) is 0 Å². The van der Waals surface area contributed by atoms with Crippen molar-refractivity contribution in [3.63, 3.8) is 0 Å². The van der Waals surface area contributed by atoms with Crippen LogP contribution < -0.4 is 5.32 Å². The number of carbonyl (C=O) groups excluding carboxylic acids is 3.